The largest absolute Gasteiger partial charge is 0.472 e. The summed E-state index contributed by atoms with van der Waals surface area (Å²) in [6.45, 7) is 1.72. The Morgan fingerprint density at radius 3 is 2.66 bits per heavy atom. The number of fused-ring (bicyclic) bond motifs is 1. The third kappa shape index (κ3) is 4.00. The molecule has 4 aromatic rings. The van der Waals surface area contributed by atoms with Crippen LogP contribution < -0.4 is 10.1 Å². The van der Waals surface area contributed by atoms with E-state index >= 15 is 0 Å². The van der Waals surface area contributed by atoms with E-state index in [1.807, 2.05) is 43.4 Å². The van der Waals surface area contributed by atoms with Gasteiger partial charge in [0.2, 0.25) is 5.82 Å². The second-order valence-electron chi connectivity index (χ2n) is 8.27. The molecule has 4 heterocycles. The second kappa shape index (κ2) is 8.18. The SMILES string of the molecule is Cc1ncc(F)c(OC2CCC(Nc3cc4c(cn3)c(-c3cnn(C)c3)nn4C)CC2)n1. The van der Waals surface area contributed by atoms with Gasteiger partial charge < -0.3 is 10.1 Å². The van der Waals surface area contributed by atoms with E-state index in [1.54, 1.807) is 11.6 Å². The van der Waals surface area contributed by atoms with Crippen LogP contribution in [-0.2, 0) is 14.1 Å². The lowest BCUT2D eigenvalue weighted by atomic mass is 9.93. The third-order valence-corrected chi connectivity index (χ3v) is 5.85. The number of hydrogen-bond acceptors (Lipinski definition) is 7. The molecule has 166 valence electrons. The van der Waals surface area contributed by atoms with E-state index in [0.29, 0.717) is 5.82 Å². The van der Waals surface area contributed by atoms with Gasteiger partial charge in [0.15, 0.2) is 0 Å². The van der Waals surface area contributed by atoms with E-state index in [2.05, 4.69) is 30.5 Å². The van der Waals surface area contributed by atoms with E-state index < -0.39 is 5.82 Å². The van der Waals surface area contributed by atoms with E-state index in [1.165, 1.54) is 0 Å². The summed E-state index contributed by atoms with van der Waals surface area (Å²) in [5.74, 6) is 0.844. The molecule has 9 nitrogen and oxygen atoms in total. The Balaban J connectivity index is 1.25. The summed E-state index contributed by atoms with van der Waals surface area (Å²) in [4.78, 5) is 12.5. The summed E-state index contributed by atoms with van der Waals surface area (Å²) >= 11 is 0. The first kappa shape index (κ1) is 20.3. The number of ether oxygens (including phenoxy) is 1. The van der Waals surface area contributed by atoms with Gasteiger partial charge in [-0.3, -0.25) is 9.36 Å². The van der Waals surface area contributed by atoms with Crippen LogP contribution in [0.4, 0.5) is 10.2 Å². The van der Waals surface area contributed by atoms with Gasteiger partial charge in [-0.1, -0.05) is 0 Å². The lowest BCUT2D eigenvalue weighted by Crippen LogP contribution is -2.31. The van der Waals surface area contributed by atoms with Crippen molar-refractivity contribution in [2.75, 3.05) is 5.32 Å². The van der Waals surface area contributed by atoms with Gasteiger partial charge in [0, 0.05) is 49.5 Å². The van der Waals surface area contributed by atoms with E-state index in [9.17, 15) is 4.39 Å². The monoisotopic (exact) mass is 436 g/mol. The molecule has 1 aliphatic rings. The Bertz CT molecular complexity index is 1260. The molecule has 0 radical (unpaired) electrons. The van der Waals surface area contributed by atoms with E-state index in [4.69, 9.17) is 4.74 Å². The number of nitrogens with zero attached hydrogens (tertiary/aromatic N) is 7. The normalized spacial score (nSPS) is 18.8. The minimum atomic E-state index is -0.518. The van der Waals surface area contributed by atoms with Crippen molar-refractivity contribution >= 4 is 16.7 Å². The van der Waals surface area contributed by atoms with Crippen molar-refractivity contribution in [2.45, 2.75) is 44.8 Å². The van der Waals surface area contributed by atoms with Crippen LogP contribution in [0.15, 0.2) is 30.9 Å². The number of hydrogen-bond donors (Lipinski definition) is 1. The van der Waals surface area contributed by atoms with Crippen LogP contribution in [0.25, 0.3) is 22.2 Å². The number of pyridine rings is 1. The topological polar surface area (TPSA) is 95.6 Å². The van der Waals surface area contributed by atoms with Crippen LogP contribution in [0.2, 0.25) is 0 Å². The first-order valence-electron chi connectivity index (χ1n) is 10.7. The summed E-state index contributed by atoms with van der Waals surface area (Å²) in [5.41, 5.74) is 2.85. The molecular formula is C22H25FN8O. The van der Waals surface area contributed by atoms with Crippen molar-refractivity contribution < 1.29 is 9.13 Å². The standard InChI is InChI=1S/C22H25FN8O/c1-13-24-11-18(23)22(27-13)32-16-6-4-15(5-7-16)28-20-8-19-17(10-25-20)21(29-31(19)3)14-9-26-30(2)12-14/h8-12,15-16H,4-7H2,1-3H3,(H,25,28). The first-order valence-corrected chi connectivity index (χ1v) is 10.7. The maximum Gasteiger partial charge on any atom is 0.254 e. The van der Waals surface area contributed by atoms with Gasteiger partial charge in [0.05, 0.1) is 17.9 Å². The van der Waals surface area contributed by atoms with Crippen LogP contribution in [0, 0.1) is 12.7 Å². The number of aryl methyl sites for hydroxylation is 3. The zero-order valence-corrected chi connectivity index (χ0v) is 18.3. The average molecular weight is 436 g/mol. The van der Waals surface area contributed by atoms with Crippen molar-refractivity contribution in [3.05, 3.63) is 42.5 Å². The fraction of sp³-hybridized carbons (Fsp3) is 0.409. The van der Waals surface area contributed by atoms with E-state index in [-0.39, 0.29) is 18.0 Å². The predicted molar refractivity (Wildman–Crippen MR) is 118 cm³/mol. The molecule has 0 bridgehead atoms. The van der Waals surface area contributed by atoms with Crippen molar-refractivity contribution in [1.82, 2.24) is 34.5 Å². The number of rotatable bonds is 5. The van der Waals surface area contributed by atoms with E-state index in [0.717, 1.165) is 59.9 Å². The van der Waals surface area contributed by atoms with Crippen LogP contribution in [-0.4, -0.2) is 46.7 Å². The van der Waals surface area contributed by atoms with Crippen LogP contribution in [0.1, 0.15) is 31.5 Å². The molecule has 0 saturated heterocycles. The third-order valence-electron chi connectivity index (χ3n) is 5.85. The van der Waals surface area contributed by atoms with Crippen LogP contribution in [0.3, 0.4) is 0 Å². The van der Waals surface area contributed by atoms with Gasteiger partial charge in [0.25, 0.3) is 5.88 Å². The Hall–Kier alpha value is -3.56. The molecule has 1 saturated carbocycles. The fourth-order valence-corrected chi connectivity index (χ4v) is 4.20. The number of nitrogens with one attached hydrogen (secondary N) is 1. The highest BCUT2D eigenvalue weighted by Gasteiger charge is 2.24. The van der Waals surface area contributed by atoms with Crippen molar-refractivity contribution in [2.24, 2.45) is 14.1 Å². The molecule has 0 aromatic carbocycles. The molecule has 10 heteroatoms. The van der Waals surface area contributed by atoms with Crippen LogP contribution >= 0.6 is 0 Å². The quantitative estimate of drug-likeness (QED) is 0.512. The molecule has 5 rings (SSSR count). The van der Waals surface area contributed by atoms with Crippen molar-refractivity contribution in [1.29, 1.82) is 0 Å². The zero-order valence-electron chi connectivity index (χ0n) is 18.3. The van der Waals surface area contributed by atoms with Crippen LogP contribution in [0.5, 0.6) is 5.88 Å². The van der Waals surface area contributed by atoms with Gasteiger partial charge >= 0.3 is 0 Å². The van der Waals surface area contributed by atoms with Crippen molar-refractivity contribution in [3.8, 4) is 17.1 Å². The molecule has 0 aliphatic heterocycles. The number of halogens is 1. The Kier molecular flexibility index (Phi) is 5.20. The second-order valence-corrected chi connectivity index (χ2v) is 8.27. The zero-order chi connectivity index (χ0) is 22.2. The minimum Gasteiger partial charge on any atom is -0.472 e. The summed E-state index contributed by atoms with van der Waals surface area (Å²) in [5, 5.41) is 13.4. The smallest absolute Gasteiger partial charge is 0.254 e. The first-order chi connectivity index (χ1) is 15.5. The Morgan fingerprint density at radius 1 is 1.09 bits per heavy atom. The minimum absolute atomic E-state index is 0.0432. The summed E-state index contributed by atoms with van der Waals surface area (Å²) < 4.78 is 23.3. The lowest BCUT2D eigenvalue weighted by molar-refractivity contribution is 0.137. The maximum atomic E-state index is 13.9. The Morgan fingerprint density at radius 2 is 1.91 bits per heavy atom. The highest BCUT2D eigenvalue weighted by molar-refractivity contribution is 5.93. The summed E-state index contributed by atoms with van der Waals surface area (Å²) in [6.07, 6.45) is 10.2. The molecule has 0 unspecified atom stereocenters. The van der Waals surface area contributed by atoms with Crippen molar-refractivity contribution in [3.63, 3.8) is 0 Å². The molecular weight excluding hydrogens is 411 g/mol. The molecule has 1 fully saturated rings. The molecule has 0 amide bonds. The maximum absolute atomic E-state index is 13.9. The molecule has 0 spiro atoms. The summed E-state index contributed by atoms with van der Waals surface area (Å²) in [6, 6.07) is 2.31. The van der Waals surface area contributed by atoms with Gasteiger partial charge in [0.1, 0.15) is 23.4 Å². The molecule has 1 aliphatic carbocycles. The lowest BCUT2D eigenvalue weighted by Gasteiger charge is -2.29. The molecule has 32 heavy (non-hydrogen) atoms. The van der Waals surface area contributed by atoms with Gasteiger partial charge in [-0.2, -0.15) is 19.6 Å². The highest BCUT2D eigenvalue weighted by Crippen LogP contribution is 2.30. The Labute approximate surface area is 184 Å². The number of anilines is 1. The molecule has 4 aromatic heterocycles. The molecule has 1 N–H and O–H groups in total. The van der Waals surface area contributed by atoms with Gasteiger partial charge in [-0.25, -0.2) is 9.97 Å². The molecule has 0 atom stereocenters. The number of aromatic nitrogens is 7. The highest BCUT2D eigenvalue weighted by atomic mass is 19.1. The fourth-order valence-electron chi connectivity index (χ4n) is 4.20. The van der Waals surface area contributed by atoms with Gasteiger partial charge in [-0.15, -0.1) is 0 Å². The van der Waals surface area contributed by atoms with Gasteiger partial charge in [-0.05, 0) is 32.6 Å². The average Bonchev–Trinajstić information content (AvgIpc) is 3.35. The predicted octanol–water partition coefficient (Wildman–Crippen LogP) is 3.41. The summed E-state index contributed by atoms with van der Waals surface area (Å²) in [7, 11) is 3.82.